The van der Waals surface area contributed by atoms with Gasteiger partial charge in [-0.25, -0.2) is 4.57 Å². The summed E-state index contributed by atoms with van der Waals surface area (Å²) < 4.78 is 2.16. The Morgan fingerprint density at radius 1 is 0.913 bits per heavy atom. The average Bonchev–Trinajstić information content (AvgIpc) is 2.55. The molecule has 0 aliphatic rings. The Morgan fingerprint density at radius 3 is 2.57 bits per heavy atom. The van der Waals surface area contributed by atoms with Crippen molar-refractivity contribution >= 4 is 21.5 Å². The molecule has 0 N–H and O–H groups in total. The molecule has 3 aromatic carbocycles. The minimum Gasteiger partial charge on any atom is -0.243 e. The van der Waals surface area contributed by atoms with E-state index in [1.165, 1.54) is 27.4 Å². The predicted octanol–water partition coefficient (Wildman–Crippen LogP) is 4.39. The summed E-state index contributed by atoms with van der Waals surface area (Å²) in [7, 11) is 2.08. The second-order valence-electron chi connectivity index (χ2n) is 5.67. The van der Waals surface area contributed by atoms with Gasteiger partial charge in [-0.15, -0.1) is 42.0 Å². The minimum atomic E-state index is 0. The van der Waals surface area contributed by atoms with E-state index in [4.69, 9.17) is 0 Å². The molecule has 0 saturated carbocycles. The Balaban J connectivity index is 0.00000156. The van der Waals surface area contributed by atoms with Gasteiger partial charge in [0.2, 0.25) is 0 Å². The van der Waals surface area contributed by atoms with Crippen LogP contribution in [0.4, 0.5) is 0 Å². The van der Waals surface area contributed by atoms with Crippen LogP contribution < -0.4 is 4.57 Å². The smallest absolute Gasteiger partial charge is 0.243 e. The van der Waals surface area contributed by atoms with E-state index in [1.54, 1.807) is 0 Å². The number of benzene rings is 3. The summed E-state index contributed by atoms with van der Waals surface area (Å²) in [6.07, 6.45) is 2.12. The molecule has 0 radical (unpaired) electrons. The first-order chi connectivity index (χ1) is 10.8. The summed E-state index contributed by atoms with van der Waals surface area (Å²) in [6.45, 7) is 2.13. The molecule has 4 aromatic rings. The zero-order valence-corrected chi connectivity index (χ0v) is 16.1. The van der Waals surface area contributed by atoms with Crippen LogP contribution in [0.25, 0.3) is 32.8 Å². The van der Waals surface area contributed by atoms with Crippen molar-refractivity contribution in [2.45, 2.75) is 6.92 Å². The molecule has 1 heterocycles. The van der Waals surface area contributed by atoms with Crippen LogP contribution in [0.1, 0.15) is 5.56 Å². The van der Waals surface area contributed by atoms with Crippen molar-refractivity contribution in [3.63, 3.8) is 0 Å². The molecule has 0 bridgehead atoms. The first-order valence-electron chi connectivity index (χ1n) is 7.45. The Hall–Kier alpha value is -1.98. The fourth-order valence-corrected chi connectivity index (χ4v) is 3.11. The summed E-state index contributed by atoms with van der Waals surface area (Å²) in [5, 5.41) is 4.88. The van der Waals surface area contributed by atoms with Crippen LogP contribution in [0.3, 0.4) is 0 Å². The van der Waals surface area contributed by atoms with Gasteiger partial charge in [-0.1, -0.05) is 58.3 Å². The second-order valence-corrected chi connectivity index (χ2v) is 5.67. The van der Waals surface area contributed by atoms with Gasteiger partial charge in [-0.05, 0) is 6.07 Å². The third kappa shape index (κ3) is 2.60. The monoisotopic (exact) mass is 466 g/mol. The van der Waals surface area contributed by atoms with Crippen LogP contribution in [0.5, 0.6) is 0 Å². The SMILES string of the molecule is Cc1ccc[c-]c1-c1c2[c-]cc3ccccc3c2cc[n+]1C.[W+2]. The van der Waals surface area contributed by atoms with Gasteiger partial charge >= 0.3 is 21.1 Å². The molecular formula is C21H16NW+. The van der Waals surface area contributed by atoms with E-state index in [9.17, 15) is 0 Å². The first kappa shape index (κ1) is 15.9. The number of hydrogen-bond donors (Lipinski definition) is 0. The molecule has 23 heavy (non-hydrogen) atoms. The van der Waals surface area contributed by atoms with Crippen molar-refractivity contribution in [2.75, 3.05) is 0 Å². The molecule has 110 valence electrons. The zero-order chi connectivity index (χ0) is 15.1. The zero-order valence-electron chi connectivity index (χ0n) is 13.1. The maximum atomic E-state index is 3.49. The van der Waals surface area contributed by atoms with E-state index in [0.717, 1.165) is 10.9 Å². The molecule has 0 unspecified atom stereocenters. The van der Waals surface area contributed by atoms with E-state index in [0.29, 0.717) is 0 Å². The molecule has 2 heteroatoms. The van der Waals surface area contributed by atoms with Gasteiger partial charge in [-0.3, -0.25) is 0 Å². The van der Waals surface area contributed by atoms with E-state index < -0.39 is 0 Å². The Bertz CT molecular complexity index is 1000. The summed E-state index contributed by atoms with van der Waals surface area (Å²) in [4.78, 5) is 0. The van der Waals surface area contributed by atoms with Crippen molar-refractivity contribution in [2.24, 2.45) is 7.05 Å². The van der Waals surface area contributed by atoms with Crippen LogP contribution in [0.2, 0.25) is 0 Å². The van der Waals surface area contributed by atoms with E-state index in [-0.39, 0.29) is 21.1 Å². The fourth-order valence-electron chi connectivity index (χ4n) is 3.11. The van der Waals surface area contributed by atoms with Crippen molar-refractivity contribution in [1.29, 1.82) is 0 Å². The number of hydrogen-bond acceptors (Lipinski definition) is 0. The van der Waals surface area contributed by atoms with E-state index in [1.807, 2.05) is 12.1 Å². The molecule has 0 saturated heterocycles. The molecule has 4 rings (SSSR count). The fraction of sp³-hybridized carbons (Fsp3) is 0.0952. The molecule has 0 aliphatic carbocycles. The summed E-state index contributed by atoms with van der Waals surface area (Å²) in [6, 6.07) is 25.8. The van der Waals surface area contributed by atoms with Crippen LogP contribution in [-0.2, 0) is 28.1 Å². The molecule has 0 aliphatic heterocycles. The normalized spacial score (nSPS) is 10.7. The number of pyridine rings is 1. The van der Waals surface area contributed by atoms with E-state index >= 15 is 0 Å². The van der Waals surface area contributed by atoms with Gasteiger partial charge < -0.3 is 0 Å². The topological polar surface area (TPSA) is 3.88 Å². The first-order valence-corrected chi connectivity index (χ1v) is 7.45. The molecule has 1 aromatic heterocycles. The van der Waals surface area contributed by atoms with Gasteiger partial charge in [0.1, 0.15) is 12.7 Å². The number of nitrogens with zero attached hydrogens (tertiary/aromatic N) is 1. The maximum absolute atomic E-state index is 3.49. The summed E-state index contributed by atoms with van der Waals surface area (Å²) in [5.41, 5.74) is 3.54. The Labute approximate surface area is 150 Å². The van der Waals surface area contributed by atoms with Crippen molar-refractivity contribution in [1.82, 2.24) is 0 Å². The van der Waals surface area contributed by atoms with Crippen LogP contribution in [0.15, 0.2) is 60.8 Å². The third-order valence-electron chi connectivity index (χ3n) is 4.25. The van der Waals surface area contributed by atoms with Crippen LogP contribution >= 0.6 is 0 Å². The standard InChI is InChI=1S/C21H16N.W/c1-15-7-3-5-9-17(15)21-20-12-11-16-8-4-6-10-18(16)19(20)13-14-22(21)2;/h3-8,10-11,13-14H,1-2H3;/q-1;+2. The number of rotatable bonds is 1. The van der Waals surface area contributed by atoms with Crippen LogP contribution in [0, 0.1) is 19.1 Å². The third-order valence-corrected chi connectivity index (χ3v) is 4.25. The van der Waals surface area contributed by atoms with Crippen molar-refractivity contribution < 1.29 is 25.6 Å². The summed E-state index contributed by atoms with van der Waals surface area (Å²) in [5.74, 6) is 0. The number of aryl methyl sites for hydroxylation is 2. The Morgan fingerprint density at radius 2 is 1.74 bits per heavy atom. The number of fused-ring (bicyclic) bond motifs is 3. The molecule has 0 spiro atoms. The largest absolute Gasteiger partial charge is 2.00 e. The minimum absolute atomic E-state index is 0. The molecule has 0 atom stereocenters. The van der Waals surface area contributed by atoms with Crippen molar-refractivity contribution in [3.8, 4) is 11.3 Å². The molecule has 0 amide bonds. The van der Waals surface area contributed by atoms with E-state index in [2.05, 4.69) is 79.3 Å². The predicted molar refractivity (Wildman–Crippen MR) is 90.5 cm³/mol. The Kier molecular flexibility index (Phi) is 4.32. The second kappa shape index (κ2) is 6.26. The van der Waals surface area contributed by atoms with Crippen molar-refractivity contribution in [3.05, 3.63) is 78.5 Å². The molecular weight excluding hydrogens is 450 g/mol. The maximum Gasteiger partial charge on any atom is 2.00 e. The van der Waals surface area contributed by atoms with Gasteiger partial charge in [0.25, 0.3) is 0 Å². The number of aromatic nitrogens is 1. The average molecular weight is 466 g/mol. The van der Waals surface area contributed by atoms with Gasteiger partial charge in [0, 0.05) is 0 Å². The van der Waals surface area contributed by atoms with Gasteiger partial charge in [-0.2, -0.15) is 0 Å². The van der Waals surface area contributed by atoms with Gasteiger partial charge in [0.15, 0.2) is 6.20 Å². The summed E-state index contributed by atoms with van der Waals surface area (Å²) >= 11 is 0. The molecule has 1 nitrogen and oxygen atoms in total. The quantitative estimate of drug-likeness (QED) is 0.223. The van der Waals surface area contributed by atoms with Crippen LogP contribution in [-0.4, -0.2) is 0 Å². The van der Waals surface area contributed by atoms with Gasteiger partial charge in [0.05, 0.1) is 0 Å². The molecule has 0 fully saturated rings.